The fraction of sp³-hybridized carbons (Fsp3) is 0.143. The van der Waals surface area contributed by atoms with Crippen molar-refractivity contribution in [1.82, 2.24) is 5.32 Å². The molecule has 7 nitrogen and oxygen atoms in total. The van der Waals surface area contributed by atoms with Gasteiger partial charge in [-0.3, -0.25) is 9.59 Å². The molecule has 0 bridgehead atoms. The molecule has 35 heavy (non-hydrogen) atoms. The van der Waals surface area contributed by atoms with E-state index in [1.807, 2.05) is 60.7 Å². The normalized spacial score (nSPS) is 11.5. The molecule has 2 N–H and O–H groups in total. The standard InChI is InChI=1S/C28H26N2O5/c1-20-16-17-34-26(20)28(32)30-25(19-33-18-21-8-4-2-5-9-21)27(31)29-22-12-14-24(15-13-22)35-23-10-6-3-7-11-23/h2-17,25H,18-19H2,1H3,(H,29,31)(H,30,32). The number of para-hydroxylation sites is 1. The maximum Gasteiger partial charge on any atom is 0.287 e. The van der Waals surface area contributed by atoms with Crippen LogP contribution >= 0.6 is 0 Å². The van der Waals surface area contributed by atoms with Crippen molar-refractivity contribution < 1.29 is 23.5 Å². The first-order chi connectivity index (χ1) is 17.1. The smallest absolute Gasteiger partial charge is 0.287 e. The molecule has 1 aromatic heterocycles. The summed E-state index contributed by atoms with van der Waals surface area (Å²) in [5.41, 5.74) is 2.21. The van der Waals surface area contributed by atoms with Crippen LogP contribution in [0.1, 0.15) is 21.7 Å². The fourth-order valence-corrected chi connectivity index (χ4v) is 3.34. The second-order valence-electron chi connectivity index (χ2n) is 7.89. The van der Waals surface area contributed by atoms with E-state index in [1.54, 1.807) is 37.3 Å². The summed E-state index contributed by atoms with van der Waals surface area (Å²) in [6, 6.07) is 26.8. The summed E-state index contributed by atoms with van der Waals surface area (Å²) in [4.78, 5) is 25.7. The van der Waals surface area contributed by atoms with Crippen LogP contribution in [0, 0.1) is 6.92 Å². The third-order valence-electron chi connectivity index (χ3n) is 5.19. The summed E-state index contributed by atoms with van der Waals surface area (Å²) in [5, 5.41) is 5.54. The first-order valence-electron chi connectivity index (χ1n) is 11.2. The molecular weight excluding hydrogens is 444 g/mol. The quantitative estimate of drug-likeness (QED) is 0.327. The van der Waals surface area contributed by atoms with Gasteiger partial charge >= 0.3 is 0 Å². The minimum absolute atomic E-state index is 0.0125. The maximum absolute atomic E-state index is 13.1. The van der Waals surface area contributed by atoms with Crippen LogP contribution in [0.5, 0.6) is 11.5 Å². The number of anilines is 1. The van der Waals surface area contributed by atoms with E-state index in [4.69, 9.17) is 13.9 Å². The highest BCUT2D eigenvalue weighted by Crippen LogP contribution is 2.22. The summed E-state index contributed by atoms with van der Waals surface area (Å²) < 4.78 is 16.8. The Morgan fingerprint density at radius 3 is 2.17 bits per heavy atom. The lowest BCUT2D eigenvalue weighted by Crippen LogP contribution is -2.46. The summed E-state index contributed by atoms with van der Waals surface area (Å²) in [7, 11) is 0. The largest absolute Gasteiger partial charge is 0.459 e. The number of aryl methyl sites for hydroxylation is 1. The van der Waals surface area contributed by atoms with Gasteiger partial charge in [0.25, 0.3) is 5.91 Å². The van der Waals surface area contributed by atoms with Crippen molar-refractivity contribution in [2.45, 2.75) is 19.6 Å². The SMILES string of the molecule is Cc1ccoc1C(=O)NC(COCc1ccccc1)C(=O)Nc1ccc(Oc2ccccc2)cc1. The molecule has 0 aliphatic rings. The number of nitrogens with one attached hydrogen (secondary N) is 2. The predicted molar refractivity (Wildman–Crippen MR) is 132 cm³/mol. The van der Waals surface area contributed by atoms with Crippen LogP contribution in [-0.4, -0.2) is 24.5 Å². The molecule has 7 heteroatoms. The molecule has 4 rings (SSSR count). The number of amides is 2. The Balaban J connectivity index is 1.40. The molecule has 1 heterocycles. The molecule has 178 valence electrons. The maximum atomic E-state index is 13.1. The molecule has 1 atom stereocenters. The molecule has 2 amide bonds. The minimum Gasteiger partial charge on any atom is -0.459 e. The first kappa shape index (κ1) is 23.8. The second kappa shape index (κ2) is 11.7. The highest BCUT2D eigenvalue weighted by Gasteiger charge is 2.24. The zero-order chi connectivity index (χ0) is 24.5. The number of carbonyl (C=O) groups excluding carboxylic acids is 2. The monoisotopic (exact) mass is 470 g/mol. The second-order valence-corrected chi connectivity index (χ2v) is 7.89. The number of furan rings is 1. The highest BCUT2D eigenvalue weighted by atomic mass is 16.5. The van der Waals surface area contributed by atoms with Gasteiger partial charge in [0.2, 0.25) is 5.91 Å². The zero-order valence-corrected chi connectivity index (χ0v) is 19.3. The van der Waals surface area contributed by atoms with Gasteiger partial charge in [0.1, 0.15) is 17.5 Å². The van der Waals surface area contributed by atoms with Crippen LogP contribution in [0.2, 0.25) is 0 Å². The molecule has 0 spiro atoms. The van der Waals surface area contributed by atoms with Crippen molar-refractivity contribution in [3.05, 3.63) is 114 Å². The molecule has 0 saturated carbocycles. The zero-order valence-electron chi connectivity index (χ0n) is 19.3. The Hall–Kier alpha value is -4.36. The third kappa shape index (κ3) is 6.82. The fourth-order valence-electron chi connectivity index (χ4n) is 3.34. The van der Waals surface area contributed by atoms with Crippen LogP contribution in [0.25, 0.3) is 0 Å². The number of carbonyl (C=O) groups is 2. The van der Waals surface area contributed by atoms with E-state index < -0.39 is 17.9 Å². The van der Waals surface area contributed by atoms with Crippen molar-refractivity contribution >= 4 is 17.5 Å². The van der Waals surface area contributed by atoms with Crippen molar-refractivity contribution in [2.24, 2.45) is 0 Å². The number of ether oxygens (including phenoxy) is 2. The Morgan fingerprint density at radius 2 is 1.51 bits per heavy atom. The molecule has 4 aromatic rings. The molecular formula is C28H26N2O5. The molecule has 0 radical (unpaired) electrons. The van der Waals surface area contributed by atoms with E-state index in [0.717, 1.165) is 11.3 Å². The van der Waals surface area contributed by atoms with Crippen molar-refractivity contribution in [2.75, 3.05) is 11.9 Å². The van der Waals surface area contributed by atoms with Gasteiger partial charge in [-0.15, -0.1) is 0 Å². The van der Waals surface area contributed by atoms with Gasteiger partial charge in [-0.2, -0.15) is 0 Å². The summed E-state index contributed by atoms with van der Waals surface area (Å²) in [5.74, 6) is 0.623. The average Bonchev–Trinajstić information content (AvgIpc) is 3.32. The van der Waals surface area contributed by atoms with Crippen LogP contribution in [-0.2, 0) is 16.1 Å². The first-order valence-corrected chi connectivity index (χ1v) is 11.2. The van der Waals surface area contributed by atoms with E-state index >= 15 is 0 Å². The lowest BCUT2D eigenvalue weighted by atomic mass is 10.2. The van der Waals surface area contributed by atoms with Crippen LogP contribution in [0.4, 0.5) is 5.69 Å². The topological polar surface area (TPSA) is 89.8 Å². The van der Waals surface area contributed by atoms with Crippen LogP contribution < -0.4 is 15.4 Å². The highest BCUT2D eigenvalue weighted by molar-refractivity contribution is 6.00. The molecule has 0 aliphatic carbocycles. The van der Waals surface area contributed by atoms with E-state index in [1.165, 1.54) is 6.26 Å². The molecule has 0 saturated heterocycles. The number of hydrogen-bond acceptors (Lipinski definition) is 5. The van der Waals surface area contributed by atoms with Gasteiger partial charge in [-0.05, 0) is 55.0 Å². The molecule has 0 aliphatic heterocycles. The van der Waals surface area contributed by atoms with Gasteiger partial charge < -0.3 is 24.5 Å². The predicted octanol–water partition coefficient (Wildman–Crippen LogP) is 5.33. The Kier molecular flexibility index (Phi) is 7.93. The average molecular weight is 471 g/mol. The summed E-state index contributed by atoms with van der Waals surface area (Å²) >= 11 is 0. The van der Waals surface area contributed by atoms with Gasteiger partial charge in [0, 0.05) is 11.3 Å². The molecule has 0 fully saturated rings. The number of benzene rings is 3. The summed E-state index contributed by atoms with van der Waals surface area (Å²) in [6.07, 6.45) is 1.43. The van der Waals surface area contributed by atoms with Gasteiger partial charge in [0.15, 0.2) is 5.76 Å². The Labute approximate surface area is 203 Å². The molecule has 3 aromatic carbocycles. The third-order valence-corrected chi connectivity index (χ3v) is 5.19. The Morgan fingerprint density at radius 1 is 0.857 bits per heavy atom. The van der Waals surface area contributed by atoms with E-state index in [0.29, 0.717) is 23.6 Å². The van der Waals surface area contributed by atoms with Crippen LogP contribution in [0.3, 0.4) is 0 Å². The van der Waals surface area contributed by atoms with Gasteiger partial charge in [-0.25, -0.2) is 0 Å². The van der Waals surface area contributed by atoms with E-state index in [9.17, 15) is 9.59 Å². The van der Waals surface area contributed by atoms with Crippen LogP contribution in [0.15, 0.2) is 102 Å². The van der Waals surface area contributed by atoms with Crippen molar-refractivity contribution in [3.8, 4) is 11.5 Å². The number of rotatable bonds is 10. The van der Waals surface area contributed by atoms with Gasteiger partial charge in [-0.1, -0.05) is 48.5 Å². The van der Waals surface area contributed by atoms with Crippen molar-refractivity contribution in [3.63, 3.8) is 0 Å². The number of hydrogen-bond donors (Lipinski definition) is 2. The summed E-state index contributed by atoms with van der Waals surface area (Å²) in [6.45, 7) is 2.06. The lowest BCUT2D eigenvalue weighted by Gasteiger charge is -2.18. The van der Waals surface area contributed by atoms with Gasteiger partial charge in [0.05, 0.1) is 19.5 Å². The van der Waals surface area contributed by atoms with Crippen molar-refractivity contribution in [1.29, 1.82) is 0 Å². The minimum atomic E-state index is -0.934. The van der Waals surface area contributed by atoms with E-state index in [-0.39, 0.29) is 12.4 Å². The Bertz CT molecular complexity index is 1240. The lowest BCUT2D eigenvalue weighted by molar-refractivity contribution is -0.119. The molecule has 1 unspecified atom stereocenters. The van der Waals surface area contributed by atoms with E-state index in [2.05, 4.69) is 10.6 Å².